The number of allylic oxidation sites excluding steroid dienone is 4. The smallest absolute Gasteiger partial charge is 0.249 e. The van der Waals surface area contributed by atoms with E-state index in [9.17, 15) is 0 Å². The molecule has 0 aromatic heterocycles. The van der Waals surface area contributed by atoms with Crippen molar-refractivity contribution in [1.82, 2.24) is 0 Å². The van der Waals surface area contributed by atoms with Crippen molar-refractivity contribution >= 4 is 9.52 Å². The summed E-state index contributed by atoms with van der Waals surface area (Å²) in [7, 11) is 0.0220. The molecule has 2 aliphatic carbocycles. The quantitative estimate of drug-likeness (QED) is 0.219. The normalized spacial score (nSPS) is 15.9. The Hall–Kier alpha value is -2.32. The van der Waals surface area contributed by atoms with Gasteiger partial charge in [0, 0.05) is 9.52 Å². The van der Waals surface area contributed by atoms with Crippen molar-refractivity contribution in [3.05, 3.63) is 151 Å². The molecule has 0 N–H and O–H groups in total. The van der Waals surface area contributed by atoms with Gasteiger partial charge in [0.05, 0.1) is 0 Å². The van der Waals surface area contributed by atoms with E-state index >= 15 is 0 Å². The van der Waals surface area contributed by atoms with Gasteiger partial charge in [-0.2, -0.15) is 79.4 Å². The van der Waals surface area contributed by atoms with Crippen LogP contribution in [0, 0.1) is 32.8 Å². The van der Waals surface area contributed by atoms with Gasteiger partial charge in [0.1, 0.15) is 0 Å². The van der Waals surface area contributed by atoms with Crippen LogP contribution in [0.5, 0.6) is 0 Å². The summed E-state index contributed by atoms with van der Waals surface area (Å²) < 4.78 is 0. The van der Waals surface area contributed by atoms with Crippen molar-refractivity contribution < 1.29 is 21.7 Å². The van der Waals surface area contributed by atoms with Gasteiger partial charge in [0.15, 0.2) is 0 Å². The van der Waals surface area contributed by atoms with Gasteiger partial charge in [0.25, 0.3) is 0 Å². The molecule has 198 valence electrons. The van der Waals surface area contributed by atoms with Crippen LogP contribution in [0.25, 0.3) is 0 Å². The number of benzene rings is 3. The SMILES string of the molecule is CC1C(C[SiH2]C(C)(C)C)=[C-]C2=C1CCCC2.[CH2-]c1ccccc1.[CH2-]c1ccccc1.[CH2-]c1ccccc1.[Ti+4]. The molecule has 0 heterocycles. The van der Waals surface area contributed by atoms with Crippen molar-refractivity contribution in [2.24, 2.45) is 5.92 Å². The first-order chi connectivity index (χ1) is 17.7. The third-order valence-corrected chi connectivity index (χ3v) is 8.83. The number of hydrogen-bond acceptors (Lipinski definition) is 0. The van der Waals surface area contributed by atoms with Crippen molar-refractivity contribution in [1.29, 1.82) is 0 Å². The van der Waals surface area contributed by atoms with Gasteiger partial charge in [-0.05, 0) is 5.04 Å². The standard InChI is InChI=1S/C15H25Si.3C7H7.Ti/c1-11-13(10-16-15(2,3)4)9-12-7-5-6-8-14(11)12;3*1-7-5-3-2-4-6-7;/h11H,5-8,10,16H2,1-4H3;3*2-6H,1H2;/q4*-1;+4. The molecule has 0 saturated heterocycles. The van der Waals surface area contributed by atoms with E-state index in [0.29, 0.717) is 5.04 Å². The summed E-state index contributed by atoms with van der Waals surface area (Å²) in [6.45, 7) is 20.8. The van der Waals surface area contributed by atoms with Crippen molar-refractivity contribution in [3.63, 3.8) is 0 Å². The monoisotopic (exact) mass is 554 g/mol. The maximum absolute atomic E-state index is 3.75. The molecule has 1 atom stereocenters. The minimum atomic E-state index is 0. The maximum Gasteiger partial charge on any atom is 4.00 e. The van der Waals surface area contributed by atoms with E-state index in [0.717, 1.165) is 22.6 Å². The van der Waals surface area contributed by atoms with E-state index in [1.807, 2.05) is 91.0 Å². The van der Waals surface area contributed by atoms with E-state index in [-0.39, 0.29) is 31.2 Å². The van der Waals surface area contributed by atoms with Crippen LogP contribution in [0.4, 0.5) is 0 Å². The molecular formula is C36H46SiTi. The van der Waals surface area contributed by atoms with Crippen molar-refractivity contribution in [2.45, 2.75) is 64.5 Å². The fourth-order valence-electron chi connectivity index (χ4n) is 4.28. The minimum Gasteiger partial charge on any atom is -0.249 e. The molecule has 0 aliphatic heterocycles. The summed E-state index contributed by atoms with van der Waals surface area (Å²) >= 11 is 0. The van der Waals surface area contributed by atoms with Gasteiger partial charge in [-0.3, -0.25) is 0 Å². The average Bonchev–Trinajstić information content (AvgIpc) is 3.21. The predicted octanol–water partition coefficient (Wildman–Crippen LogP) is 9.65. The third-order valence-electron chi connectivity index (χ3n) is 6.54. The molecule has 3 aromatic rings. The molecule has 0 saturated carbocycles. The van der Waals surface area contributed by atoms with Gasteiger partial charge < -0.3 is 0 Å². The second-order valence-electron chi connectivity index (χ2n) is 11.1. The Morgan fingerprint density at radius 1 is 0.711 bits per heavy atom. The molecule has 0 nitrogen and oxygen atoms in total. The van der Waals surface area contributed by atoms with Crippen LogP contribution in [0.1, 0.15) is 70.1 Å². The number of rotatable bonds is 2. The molecule has 5 rings (SSSR count). The Bertz CT molecular complexity index is 987. The zero-order chi connectivity index (χ0) is 27.1. The Kier molecular flexibility index (Phi) is 16.0. The van der Waals surface area contributed by atoms with Gasteiger partial charge in [-0.1, -0.05) is 83.5 Å². The fourth-order valence-corrected chi connectivity index (χ4v) is 5.86. The summed E-state index contributed by atoms with van der Waals surface area (Å²) in [5.41, 5.74) is 8.20. The van der Waals surface area contributed by atoms with E-state index in [1.165, 1.54) is 31.7 Å². The second kappa shape index (κ2) is 18.1. The van der Waals surface area contributed by atoms with E-state index in [4.69, 9.17) is 0 Å². The van der Waals surface area contributed by atoms with Crippen molar-refractivity contribution in [2.75, 3.05) is 0 Å². The summed E-state index contributed by atoms with van der Waals surface area (Å²) in [6.07, 6.45) is 9.21. The summed E-state index contributed by atoms with van der Waals surface area (Å²) in [4.78, 5) is 0. The topological polar surface area (TPSA) is 0 Å². The fraction of sp³-hybridized carbons (Fsp3) is 0.306. The molecule has 0 radical (unpaired) electrons. The Labute approximate surface area is 251 Å². The molecule has 0 amide bonds. The van der Waals surface area contributed by atoms with Gasteiger partial charge >= 0.3 is 21.7 Å². The molecule has 38 heavy (non-hydrogen) atoms. The molecule has 0 bridgehead atoms. The van der Waals surface area contributed by atoms with Crippen LogP contribution in [0.3, 0.4) is 0 Å². The minimum absolute atomic E-state index is 0. The Balaban J connectivity index is 0.000000276. The van der Waals surface area contributed by atoms with Crippen molar-refractivity contribution in [3.8, 4) is 0 Å². The van der Waals surface area contributed by atoms with Crippen LogP contribution < -0.4 is 0 Å². The van der Waals surface area contributed by atoms with Crippen LogP contribution in [0.2, 0.25) is 11.1 Å². The second-order valence-corrected chi connectivity index (χ2v) is 14.2. The zero-order valence-electron chi connectivity index (χ0n) is 24.1. The Morgan fingerprint density at radius 2 is 1.11 bits per heavy atom. The molecule has 2 heteroatoms. The summed E-state index contributed by atoms with van der Waals surface area (Å²) in [6, 6.07) is 31.0. The predicted molar refractivity (Wildman–Crippen MR) is 167 cm³/mol. The van der Waals surface area contributed by atoms with E-state index < -0.39 is 0 Å². The summed E-state index contributed by atoms with van der Waals surface area (Å²) in [5.74, 6) is 0.741. The molecule has 3 aromatic carbocycles. The molecule has 0 fully saturated rings. The zero-order valence-corrected chi connectivity index (χ0v) is 27.1. The van der Waals surface area contributed by atoms with Crippen LogP contribution in [-0.4, -0.2) is 9.52 Å². The van der Waals surface area contributed by atoms with Gasteiger partial charge in [0.2, 0.25) is 0 Å². The molecular weight excluding hydrogens is 508 g/mol. The largest absolute Gasteiger partial charge is 4.00 e. The molecule has 0 spiro atoms. The molecule has 2 aliphatic rings. The van der Waals surface area contributed by atoms with Gasteiger partial charge in [-0.15, -0.1) is 36.4 Å². The third kappa shape index (κ3) is 14.0. The maximum atomic E-state index is 3.75. The van der Waals surface area contributed by atoms with Crippen LogP contribution in [-0.2, 0) is 21.7 Å². The first kappa shape index (κ1) is 33.7. The van der Waals surface area contributed by atoms with Gasteiger partial charge in [-0.25, -0.2) is 17.2 Å². The van der Waals surface area contributed by atoms with Crippen LogP contribution in [0.15, 0.2) is 108 Å². The summed E-state index contributed by atoms with van der Waals surface area (Å²) in [5, 5.41) is 0.595. The molecule has 1 unspecified atom stereocenters. The number of hydrogen-bond donors (Lipinski definition) is 0. The first-order valence-corrected chi connectivity index (χ1v) is 15.3. The average molecular weight is 555 g/mol. The van der Waals surface area contributed by atoms with Crippen LogP contribution >= 0.6 is 0 Å². The van der Waals surface area contributed by atoms with E-state index in [1.54, 1.807) is 16.7 Å². The first-order valence-electron chi connectivity index (χ1n) is 13.6. The Morgan fingerprint density at radius 3 is 1.42 bits per heavy atom. The van der Waals surface area contributed by atoms with E-state index in [2.05, 4.69) is 54.5 Å².